The highest BCUT2D eigenvalue weighted by molar-refractivity contribution is 8.00. The van der Waals surface area contributed by atoms with Gasteiger partial charge in [-0.25, -0.2) is 9.67 Å². The van der Waals surface area contributed by atoms with Crippen LogP contribution in [0.3, 0.4) is 0 Å². The Labute approximate surface area is 143 Å². The van der Waals surface area contributed by atoms with E-state index in [2.05, 4.69) is 10.1 Å². The van der Waals surface area contributed by atoms with Crippen molar-refractivity contribution in [2.75, 3.05) is 13.4 Å². The van der Waals surface area contributed by atoms with Crippen LogP contribution >= 0.6 is 11.8 Å². The Morgan fingerprint density at radius 1 is 1.12 bits per heavy atom. The molecule has 24 heavy (non-hydrogen) atoms. The molecule has 132 valence electrons. The number of halogens is 3. The Hall–Kier alpha value is -1.54. The monoisotopic (exact) mass is 359 g/mol. The summed E-state index contributed by atoms with van der Waals surface area (Å²) in [6.45, 7) is 4.33. The van der Waals surface area contributed by atoms with Crippen LogP contribution in [0, 0.1) is 0 Å². The van der Waals surface area contributed by atoms with Gasteiger partial charge in [-0.15, -0.1) is 0 Å². The lowest BCUT2D eigenvalue weighted by atomic mass is 9.81. The first-order chi connectivity index (χ1) is 11.2. The molecular formula is C16H20F3N3OS. The largest absolute Gasteiger partial charge is 0.416 e. The summed E-state index contributed by atoms with van der Waals surface area (Å²) in [5.41, 5.74) is -0.892. The van der Waals surface area contributed by atoms with Gasteiger partial charge in [-0.2, -0.15) is 30.0 Å². The van der Waals surface area contributed by atoms with Gasteiger partial charge in [0.1, 0.15) is 18.3 Å². The summed E-state index contributed by atoms with van der Waals surface area (Å²) in [6, 6.07) is 5.12. The molecule has 2 rings (SSSR count). The zero-order valence-electron chi connectivity index (χ0n) is 14.0. The fourth-order valence-corrected chi connectivity index (χ4v) is 3.29. The number of benzene rings is 1. The second-order valence-electron chi connectivity index (χ2n) is 5.91. The highest BCUT2D eigenvalue weighted by Crippen LogP contribution is 2.45. The summed E-state index contributed by atoms with van der Waals surface area (Å²) in [6.07, 6.45) is 0.557. The molecule has 0 bridgehead atoms. The number of rotatable bonds is 6. The number of thioether (sulfide) groups is 1. The molecule has 0 spiro atoms. The van der Waals surface area contributed by atoms with E-state index in [1.165, 1.54) is 18.5 Å². The lowest BCUT2D eigenvalue weighted by Crippen LogP contribution is -2.50. The number of aromatic nitrogens is 3. The summed E-state index contributed by atoms with van der Waals surface area (Å²) >= 11 is 1.58. The number of hydrogen-bond acceptors (Lipinski definition) is 4. The summed E-state index contributed by atoms with van der Waals surface area (Å²) in [4.78, 5) is 3.93. The van der Waals surface area contributed by atoms with Gasteiger partial charge in [0.05, 0.1) is 12.1 Å². The van der Waals surface area contributed by atoms with Gasteiger partial charge in [0, 0.05) is 11.9 Å². The number of ether oxygens (including phenoxy) is 1. The van der Waals surface area contributed by atoms with Crippen LogP contribution in [-0.2, 0) is 23.1 Å². The molecule has 0 saturated carbocycles. The maximum atomic E-state index is 12.8. The smallest absolute Gasteiger partial charge is 0.370 e. The Bertz CT molecular complexity index is 656. The molecule has 0 aliphatic heterocycles. The topological polar surface area (TPSA) is 39.9 Å². The normalized spacial score (nSPS) is 15.3. The maximum absolute atomic E-state index is 12.8. The zero-order chi connectivity index (χ0) is 18.0. The van der Waals surface area contributed by atoms with Crippen molar-refractivity contribution in [1.29, 1.82) is 0 Å². The first-order valence-corrected chi connectivity index (χ1v) is 8.49. The Morgan fingerprint density at radius 2 is 1.71 bits per heavy atom. The zero-order valence-corrected chi connectivity index (χ0v) is 14.8. The fourth-order valence-electron chi connectivity index (χ4n) is 2.69. The van der Waals surface area contributed by atoms with E-state index < -0.39 is 22.1 Å². The van der Waals surface area contributed by atoms with Crippen molar-refractivity contribution in [1.82, 2.24) is 14.8 Å². The van der Waals surface area contributed by atoms with Crippen molar-refractivity contribution < 1.29 is 17.9 Å². The Balaban J connectivity index is 2.53. The van der Waals surface area contributed by atoms with Crippen molar-refractivity contribution in [2.24, 2.45) is 0 Å². The SMILES string of the molecule is COC(Cn1cncn1)(c1ccc(C(F)(F)F)cc1)C(C)(C)SC. The molecule has 0 fully saturated rings. The van der Waals surface area contributed by atoms with E-state index in [9.17, 15) is 13.2 Å². The van der Waals surface area contributed by atoms with Gasteiger partial charge in [-0.1, -0.05) is 12.1 Å². The maximum Gasteiger partial charge on any atom is 0.416 e. The molecule has 1 heterocycles. The van der Waals surface area contributed by atoms with E-state index >= 15 is 0 Å². The van der Waals surface area contributed by atoms with Gasteiger partial charge in [-0.3, -0.25) is 0 Å². The molecule has 2 aromatic rings. The average molecular weight is 359 g/mol. The van der Waals surface area contributed by atoms with Gasteiger partial charge < -0.3 is 4.74 Å². The van der Waals surface area contributed by atoms with Crippen molar-refractivity contribution in [2.45, 2.75) is 36.9 Å². The van der Waals surface area contributed by atoms with Crippen molar-refractivity contribution in [3.8, 4) is 0 Å². The third-order valence-electron chi connectivity index (χ3n) is 4.36. The number of alkyl halides is 3. The van der Waals surface area contributed by atoms with E-state index in [1.54, 1.807) is 29.9 Å². The van der Waals surface area contributed by atoms with Crippen LogP contribution in [0.2, 0.25) is 0 Å². The quantitative estimate of drug-likeness (QED) is 0.782. The van der Waals surface area contributed by atoms with Crippen LogP contribution in [0.5, 0.6) is 0 Å². The van der Waals surface area contributed by atoms with Crippen molar-refractivity contribution in [3.05, 3.63) is 48.0 Å². The van der Waals surface area contributed by atoms with Crippen LogP contribution < -0.4 is 0 Å². The van der Waals surface area contributed by atoms with Gasteiger partial charge in [-0.05, 0) is 37.8 Å². The van der Waals surface area contributed by atoms with Crippen LogP contribution in [0.4, 0.5) is 13.2 Å². The molecule has 0 radical (unpaired) electrons. The average Bonchev–Trinajstić information content (AvgIpc) is 3.04. The van der Waals surface area contributed by atoms with Crippen molar-refractivity contribution in [3.63, 3.8) is 0 Å². The molecule has 0 saturated heterocycles. The van der Waals surface area contributed by atoms with Gasteiger partial charge >= 0.3 is 6.18 Å². The molecule has 0 amide bonds. The molecule has 1 aromatic carbocycles. The first-order valence-electron chi connectivity index (χ1n) is 7.27. The molecule has 0 N–H and O–H groups in total. The summed E-state index contributed by atoms with van der Waals surface area (Å²) in [7, 11) is 1.56. The lowest BCUT2D eigenvalue weighted by molar-refractivity contribution is -0.137. The van der Waals surface area contributed by atoms with E-state index in [1.807, 2.05) is 20.1 Å². The third kappa shape index (κ3) is 3.44. The molecule has 8 heteroatoms. The summed E-state index contributed by atoms with van der Waals surface area (Å²) < 4.78 is 45.6. The predicted octanol–water partition coefficient (Wildman–Crippen LogP) is 3.98. The standard InChI is InChI=1S/C16H20F3N3OS/c1-14(2,24-4)15(23-3,9-22-11-20-10-21-22)12-5-7-13(8-6-12)16(17,18)19/h5-8,10-11H,9H2,1-4H3. The highest BCUT2D eigenvalue weighted by Gasteiger charge is 2.47. The minimum Gasteiger partial charge on any atom is -0.370 e. The molecule has 4 nitrogen and oxygen atoms in total. The highest BCUT2D eigenvalue weighted by atomic mass is 32.2. The molecular weight excluding hydrogens is 339 g/mol. The van der Waals surface area contributed by atoms with E-state index in [0.29, 0.717) is 12.1 Å². The minimum atomic E-state index is -4.37. The van der Waals surface area contributed by atoms with Gasteiger partial charge in [0.2, 0.25) is 0 Å². The van der Waals surface area contributed by atoms with Gasteiger partial charge in [0.25, 0.3) is 0 Å². The second kappa shape index (κ2) is 6.76. The van der Waals surface area contributed by atoms with E-state index in [-0.39, 0.29) is 0 Å². The third-order valence-corrected chi connectivity index (χ3v) is 5.71. The summed E-state index contributed by atoms with van der Waals surface area (Å²) in [5.74, 6) is 0. The predicted molar refractivity (Wildman–Crippen MR) is 87.7 cm³/mol. The lowest BCUT2D eigenvalue weighted by Gasteiger charge is -2.45. The molecule has 1 unspecified atom stereocenters. The number of methoxy groups -OCH3 is 1. The molecule has 0 aliphatic carbocycles. The van der Waals surface area contributed by atoms with Crippen LogP contribution in [0.1, 0.15) is 25.0 Å². The minimum absolute atomic E-state index is 0.336. The van der Waals surface area contributed by atoms with Crippen molar-refractivity contribution >= 4 is 11.8 Å². The van der Waals surface area contributed by atoms with E-state index in [0.717, 1.165) is 12.1 Å². The van der Waals surface area contributed by atoms with E-state index in [4.69, 9.17) is 4.74 Å². The summed E-state index contributed by atoms with van der Waals surface area (Å²) in [5, 5.41) is 4.12. The molecule has 1 atom stereocenters. The van der Waals surface area contributed by atoms with Gasteiger partial charge in [0.15, 0.2) is 0 Å². The fraction of sp³-hybridized carbons (Fsp3) is 0.500. The van der Waals surface area contributed by atoms with Crippen LogP contribution in [0.25, 0.3) is 0 Å². The Kier molecular flexibility index (Phi) is 5.29. The Morgan fingerprint density at radius 3 is 2.12 bits per heavy atom. The second-order valence-corrected chi connectivity index (χ2v) is 7.34. The van der Waals surface area contributed by atoms with Crippen LogP contribution in [-0.4, -0.2) is 32.9 Å². The number of hydrogen-bond donors (Lipinski definition) is 0. The van der Waals surface area contributed by atoms with Crippen LogP contribution in [0.15, 0.2) is 36.9 Å². The molecule has 0 aliphatic rings. The first kappa shape index (κ1) is 18.8. The molecule has 1 aromatic heterocycles. The number of nitrogens with zero attached hydrogens (tertiary/aromatic N) is 3.